The minimum atomic E-state index is -4.37. The van der Waals surface area contributed by atoms with Crippen LogP contribution in [0.25, 0.3) is 0 Å². The molecule has 1 N–H and O–H groups in total. The molecule has 0 aromatic heterocycles. The summed E-state index contributed by atoms with van der Waals surface area (Å²) >= 11 is 1.37. The number of fused-ring (bicyclic) bond motifs is 1. The number of hydrogen-bond donors (Lipinski definition) is 1. The molecular weight excluding hydrogens is 395 g/mol. The SMILES string of the molecule is O=C(CSc1ccc2c(c1)OCCO2)NCc1ccc(OCC(F)(F)F)cc1. The number of ether oxygens (including phenoxy) is 3. The molecule has 5 nitrogen and oxygen atoms in total. The molecule has 0 unspecified atom stereocenters. The van der Waals surface area contributed by atoms with Gasteiger partial charge in [-0.3, -0.25) is 4.79 Å². The number of carbonyl (C=O) groups excluding carboxylic acids is 1. The summed E-state index contributed by atoms with van der Waals surface area (Å²) < 4.78 is 52.0. The summed E-state index contributed by atoms with van der Waals surface area (Å²) in [6, 6.07) is 11.6. The van der Waals surface area contributed by atoms with Crippen LogP contribution in [0.1, 0.15) is 5.56 Å². The Hall–Kier alpha value is -2.55. The molecule has 2 aromatic rings. The molecular formula is C19H18F3NO4S. The van der Waals surface area contributed by atoms with Crippen molar-refractivity contribution in [1.82, 2.24) is 5.32 Å². The van der Waals surface area contributed by atoms with Crippen LogP contribution in [0.5, 0.6) is 17.2 Å². The molecule has 3 rings (SSSR count). The van der Waals surface area contributed by atoms with Gasteiger partial charge in [0.25, 0.3) is 0 Å². The number of halogens is 3. The Labute approximate surface area is 164 Å². The van der Waals surface area contributed by atoms with Crippen molar-refractivity contribution in [2.45, 2.75) is 17.6 Å². The van der Waals surface area contributed by atoms with E-state index in [2.05, 4.69) is 10.1 Å². The zero-order valence-corrected chi connectivity index (χ0v) is 15.6. The minimum Gasteiger partial charge on any atom is -0.486 e. The van der Waals surface area contributed by atoms with Gasteiger partial charge < -0.3 is 19.5 Å². The van der Waals surface area contributed by atoms with E-state index in [-0.39, 0.29) is 24.0 Å². The van der Waals surface area contributed by atoms with Crippen LogP contribution in [0.2, 0.25) is 0 Å². The van der Waals surface area contributed by atoms with E-state index in [0.717, 1.165) is 10.5 Å². The average Bonchev–Trinajstić information content (AvgIpc) is 2.69. The molecule has 2 aromatic carbocycles. The van der Waals surface area contributed by atoms with E-state index in [1.807, 2.05) is 18.2 Å². The summed E-state index contributed by atoms with van der Waals surface area (Å²) in [5, 5.41) is 2.77. The predicted octanol–water partition coefficient (Wildman–Crippen LogP) is 3.81. The molecule has 0 fully saturated rings. The smallest absolute Gasteiger partial charge is 0.422 e. The van der Waals surface area contributed by atoms with Crippen molar-refractivity contribution in [3.8, 4) is 17.2 Å². The topological polar surface area (TPSA) is 56.8 Å². The number of thioether (sulfide) groups is 1. The lowest BCUT2D eigenvalue weighted by atomic mass is 10.2. The molecule has 0 aliphatic carbocycles. The summed E-state index contributed by atoms with van der Waals surface area (Å²) in [5.41, 5.74) is 0.761. The molecule has 1 heterocycles. The summed E-state index contributed by atoms with van der Waals surface area (Å²) in [6.07, 6.45) is -4.37. The minimum absolute atomic E-state index is 0.126. The molecule has 0 spiro atoms. The summed E-state index contributed by atoms with van der Waals surface area (Å²) in [6.45, 7) is -0.0286. The van der Waals surface area contributed by atoms with E-state index in [1.165, 1.54) is 23.9 Å². The molecule has 1 aliphatic heterocycles. The van der Waals surface area contributed by atoms with Crippen molar-refractivity contribution >= 4 is 17.7 Å². The lowest BCUT2D eigenvalue weighted by Gasteiger charge is -2.18. The fourth-order valence-corrected chi connectivity index (χ4v) is 3.14. The number of hydrogen-bond acceptors (Lipinski definition) is 5. The van der Waals surface area contributed by atoms with Crippen molar-refractivity contribution < 1.29 is 32.2 Å². The van der Waals surface area contributed by atoms with Gasteiger partial charge in [0.1, 0.15) is 19.0 Å². The number of benzene rings is 2. The van der Waals surface area contributed by atoms with Crippen LogP contribution in [0.3, 0.4) is 0 Å². The second kappa shape index (κ2) is 9.09. The molecule has 1 aliphatic rings. The predicted molar refractivity (Wildman–Crippen MR) is 98.0 cm³/mol. The molecule has 0 radical (unpaired) electrons. The Morgan fingerprint density at radius 1 is 1.07 bits per heavy atom. The highest BCUT2D eigenvalue weighted by Crippen LogP contribution is 2.34. The van der Waals surface area contributed by atoms with Crippen LogP contribution < -0.4 is 19.5 Å². The molecule has 0 atom stereocenters. The largest absolute Gasteiger partial charge is 0.486 e. The molecule has 9 heteroatoms. The van der Waals surface area contributed by atoms with Crippen LogP contribution in [-0.2, 0) is 11.3 Å². The highest BCUT2D eigenvalue weighted by Gasteiger charge is 2.28. The van der Waals surface area contributed by atoms with E-state index >= 15 is 0 Å². The second-order valence-electron chi connectivity index (χ2n) is 5.92. The Kier molecular flexibility index (Phi) is 6.56. The first-order chi connectivity index (χ1) is 13.4. The normalized spacial score (nSPS) is 13.1. The molecule has 28 heavy (non-hydrogen) atoms. The number of alkyl halides is 3. The van der Waals surface area contributed by atoms with Crippen molar-refractivity contribution in [3.63, 3.8) is 0 Å². The number of carbonyl (C=O) groups is 1. The van der Waals surface area contributed by atoms with Gasteiger partial charge in [0.15, 0.2) is 18.1 Å². The van der Waals surface area contributed by atoms with Crippen molar-refractivity contribution in [2.75, 3.05) is 25.6 Å². The summed E-state index contributed by atoms with van der Waals surface area (Å²) in [5.74, 6) is 1.57. The van der Waals surface area contributed by atoms with E-state index in [1.54, 1.807) is 12.1 Å². The van der Waals surface area contributed by atoms with Crippen LogP contribution in [0.15, 0.2) is 47.4 Å². The van der Waals surface area contributed by atoms with Gasteiger partial charge in [0.2, 0.25) is 5.91 Å². The summed E-state index contributed by atoms with van der Waals surface area (Å²) in [7, 11) is 0. The van der Waals surface area contributed by atoms with E-state index in [0.29, 0.717) is 24.7 Å². The van der Waals surface area contributed by atoms with E-state index in [4.69, 9.17) is 9.47 Å². The van der Waals surface area contributed by atoms with Gasteiger partial charge in [-0.2, -0.15) is 13.2 Å². The Bertz CT molecular complexity index is 812. The average molecular weight is 413 g/mol. The lowest BCUT2D eigenvalue weighted by Crippen LogP contribution is -2.24. The van der Waals surface area contributed by atoms with Crippen molar-refractivity contribution in [3.05, 3.63) is 48.0 Å². The van der Waals surface area contributed by atoms with Crippen molar-refractivity contribution in [1.29, 1.82) is 0 Å². The number of amides is 1. The third kappa shape index (κ3) is 6.26. The second-order valence-corrected chi connectivity index (χ2v) is 6.97. The molecule has 0 bridgehead atoms. The lowest BCUT2D eigenvalue weighted by molar-refractivity contribution is -0.153. The molecule has 150 valence electrons. The maximum Gasteiger partial charge on any atom is 0.422 e. The standard InChI is InChI=1S/C19H18F3NO4S/c20-19(21,22)12-27-14-3-1-13(2-4-14)10-23-18(24)11-28-15-5-6-16-17(9-15)26-8-7-25-16/h1-6,9H,7-8,10-12H2,(H,23,24). The fourth-order valence-electron chi connectivity index (χ4n) is 2.38. The fraction of sp³-hybridized carbons (Fsp3) is 0.316. The maximum absolute atomic E-state index is 12.1. The monoisotopic (exact) mass is 413 g/mol. The Morgan fingerprint density at radius 3 is 2.50 bits per heavy atom. The molecule has 1 amide bonds. The number of rotatable bonds is 7. The first-order valence-electron chi connectivity index (χ1n) is 8.47. The van der Waals surface area contributed by atoms with Gasteiger partial charge in [-0.05, 0) is 35.9 Å². The summed E-state index contributed by atoms with van der Waals surface area (Å²) in [4.78, 5) is 12.9. The zero-order chi connectivity index (χ0) is 20.0. The quantitative estimate of drug-likeness (QED) is 0.700. The van der Waals surface area contributed by atoms with Crippen LogP contribution in [0.4, 0.5) is 13.2 Å². The van der Waals surface area contributed by atoms with Gasteiger partial charge in [0, 0.05) is 11.4 Å². The third-order valence-electron chi connectivity index (χ3n) is 3.70. The third-order valence-corrected chi connectivity index (χ3v) is 4.69. The van der Waals surface area contributed by atoms with Crippen LogP contribution in [0, 0.1) is 0 Å². The number of nitrogens with one attached hydrogen (secondary N) is 1. The van der Waals surface area contributed by atoms with Gasteiger partial charge in [-0.1, -0.05) is 12.1 Å². The van der Waals surface area contributed by atoms with Gasteiger partial charge in [0.05, 0.1) is 5.75 Å². The zero-order valence-electron chi connectivity index (χ0n) is 14.8. The highest BCUT2D eigenvalue weighted by atomic mass is 32.2. The van der Waals surface area contributed by atoms with E-state index < -0.39 is 12.8 Å². The molecule has 0 saturated heterocycles. The highest BCUT2D eigenvalue weighted by molar-refractivity contribution is 8.00. The molecule has 0 saturated carbocycles. The van der Waals surface area contributed by atoms with Crippen molar-refractivity contribution in [2.24, 2.45) is 0 Å². The van der Waals surface area contributed by atoms with Gasteiger partial charge in [-0.25, -0.2) is 0 Å². The van der Waals surface area contributed by atoms with Gasteiger partial charge >= 0.3 is 6.18 Å². The van der Waals surface area contributed by atoms with Gasteiger partial charge in [-0.15, -0.1) is 11.8 Å². The van der Waals surface area contributed by atoms with Crippen LogP contribution in [-0.4, -0.2) is 37.7 Å². The first-order valence-corrected chi connectivity index (χ1v) is 9.45. The maximum atomic E-state index is 12.1. The van der Waals surface area contributed by atoms with E-state index in [9.17, 15) is 18.0 Å². The van der Waals surface area contributed by atoms with Crippen LogP contribution >= 0.6 is 11.8 Å². The first kappa shape index (κ1) is 20.2. The Morgan fingerprint density at radius 2 is 1.79 bits per heavy atom. The Balaban J connectivity index is 1.42.